The van der Waals surface area contributed by atoms with Crippen LogP contribution in [-0.2, 0) is 5.41 Å². The van der Waals surface area contributed by atoms with Crippen molar-refractivity contribution in [1.29, 1.82) is 0 Å². The van der Waals surface area contributed by atoms with E-state index in [2.05, 4.69) is 231 Å². The van der Waals surface area contributed by atoms with Gasteiger partial charge in [-0.05, 0) is 115 Å². The molecule has 2 nitrogen and oxygen atoms in total. The maximum atomic E-state index is 7.00. The van der Waals surface area contributed by atoms with Crippen molar-refractivity contribution in [2.75, 3.05) is 4.90 Å². The molecule has 0 fully saturated rings. The third-order valence-corrected chi connectivity index (χ3v) is 13.0. The van der Waals surface area contributed by atoms with Gasteiger partial charge in [0.1, 0.15) is 11.2 Å². The Hall–Kier alpha value is -7.68. The number of hydrogen-bond acceptors (Lipinski definition) is 2. The first-order valence-electron chi connectivity index (χ1n) is 21.2. The lowest BCUT2D eigenvalue weighted by molar-refractivity contribution is 0.660. The highest BCUT2D eigenvalue weighted by molar-refractivity contribution is 6.31. The van der Waals surface area contributed by atoms with Crippen molar-refractivity contribution < 1.29 is 4.42 Å². The average Bonchev–Trinajstić information content (AvgIpc) is 3.82. The van der Waals surface area contributed by atoms with E-state index < -0.39 is 0 Å². The molecule has 0 atom stereocenters. The van der Waals surface area contributed by atoms with Gasteiger partial charge in [-0.2, -0.15) is 0 Å². The molecule has 0 radical (unpaired) electrons. The van der Waals surface area contributed by atoms with Crippen LogP contribution in [0, 0.1) is 0 Å². The normalized spacial score (nSPS) is 12.9. The van der Waals surface area contributed by atoms with E-state index in [1.165, 1.54) is 49.5 Å². The molecule has 0 unspecified atom stereocenters. The molecule has 288 valence electrons. The molecule has 61 heavy (non-hydrogen) atoms. The van der Waals surface area contributed by atoms with Crippen LogP contribution in [0.3, 0.4) is 0 Å². The molecule has 1 heterocycles. The van der Waals surface area contributed by atoms with E-state index >= 15 is 0 Å². The summed E-state index contributed by atoms with van der Waals surface area (Å²) in [5, 5.41) is 7.06. The van der Waals surface area contributed by atoms with Gasteiger partial charge in [-0.3, -0.25) is 0 Å². The fraction of sp³-hybridized carbons (Fsp3) is 0.0508. The molecule has 1 aliphatic rings. The molecular weight excluding hydrogens is 739 g/mol. The Morgan fingerprint density at radius 2 is 0.836 bits per heavy atom. The summed E-state index contributed by atoms with van der Waals surface area (Å²) in [6.45, 7) is 4.70. The molecule has 0 amide bonds. The molecule has 11 aromatic rings. The number of hydrogen-bond donors (Lipinski definition) is 0. The summed E-state index contributed by atoms with van der Waals surface area (Å²) >= 11 is 0. The van der Waals surface area contributed by atoms with Crippen LogP contribution in [0.15, 0.2) is 217 Å². The Bertz CT molecular complexity index is 3470. The number of anilines is 3. The average molecular weight is 780 g/mol. The molecule has 0 aliphatic heterocycles. The summed E-state index contributed by atoms with van der Waals surface area (Å²) in [5.74, 6) is 0. The number of furan rings is 1. The summed E-state index contributed by atoms with van der Waals surface area (Å²) in [7, 11) is 0. The first-order valence-corrected chi connectivity index (χ1v) is 21.2. The lowest BCUT2D eigenvalue weighted by Gasteiger charge is -2.28. The van der Waals surface area contributed by atoms with Crippen molar-refractivity contribution in [3.63, 3.8) is 0 Å². The summed E-state index contributed by atoms with van der Waals surface area (Å²) in [5.41, 5.74) is 17.4. The zero-order valence-corrected chi connectivity index (χ0v) is 34.1. The predicted molar refractivity (Wildman–Crippen MR) is 257 cm³/mol. The lowest BCUT2D eigenvalue weighted by Crippen LogP contribution is -2.16. The summed E-state index contributed by atoms with van der Waals surface area (Å²) in [6.07, 6.45) is 0. The van der Waals surface area contributed by atoms with E-state index in [0.717, 1.165) is 66.6 Å². The van der Waals surface area contributed by atoms with Crippen LogP contribution in [0.25, 0.3) is 88.0 Å². The van der Waals surface area contributed by atoms with Gasteiger partial charge in [-0.1, -0.05) is 178 Å². The smallest absolute Gasteiger partial charge is 0.143 e. The van der Waals surface area contributed by atoms with E-state index in [9.17, 15) is 0 Å². The molecule has 2 heteroatoms. The Labute approximate surface area is 355 Å². The van der Waals surface area contributed by atoms with Crippen molar-refractivity contribution in [1.82, 2.24) is 0 Å². The van der Waals surface area contributed by atoms with Gasteiger partial charge in [0.05, 0.1) is 0 Å². The SMILES string of the molecule is CC1(C)c2ccccc2-c2ccc(N(c3ccc(-c4ccccc4)cc3)c3ccc(-c4cc(-c5ccccc5)c5oc6c7ccccc7c7ccccc7c6c5c4)cc3)cc21. The zero-order chi connectivity index (χ0) is 40.7. The van der Waals surface area contributed by atoms with Gasteiger partial charge in [0.25, 0.3) is 0 Å². The fourth-order valence-corrected chi connectivity index (χ4v) is 10.0. The van der Waals surface area contributed by atoms with Crippen LogP contribution in [0.2, 0.25) is 0 Å². The first-order chi connectivity index (χ1) is 30.0. The molecule has 10 aromatic carbocycles. The van der Waals surface area contributed by atoms with Crippen molar-refractivity contribution in [3.05, 3.63) is 223 Å². The minimum atomic E-state index is -0.112. The van der Waals surface area contributed by atoms with Gasteiger partial charge in [0, 0.05) is 44.2 Å². The molecule has 0 saturated carbocycles. The topological polar surface area (TPSA) is 16.4 Å². The van der Waals surface area contributed by atoms with Crippen molar-refractivity contribution in [3.8, 4) is 44.5 Å². The van der Waals surface area contributed by atoms with Crippen LogP contribution >= 0.6 is 0 Å². The standard InChI is InChI=1S/C59H41NO/c1-59(2)54-24-14-13-21-48(54)49-34-33-45(37-55(49)59)60(43-29-25-39(26-30-43)38-15-5-3-6-16-38)44-31-27-40(28-32-44)42-35-52(41-17-7-4-8-18-41)57-53(36-42)56-50-22-11-9-19-46(50)47-20-10-12-23-51(47)58(56)61-57/h3-37H,1-2H3. The molecule has 0 N–H and O–H groups in total. The van der Waals surface area contributed by atoms with E-state index in [-0.39, 0.29) is 5.41 Å². The second-order valence-corrected chi connectivity index (χ2v) is 16.9. The monoisotopic (exact) mass is 779 g/mol. The highest BCUT2D eigenvalue weighted by atomic mass is 16.3. The van der Waals surface area contributed by atoms with Crippen LogP contribution in [0.4, 0.5) is 17.1 Å². The predicted octanol–water partition coefficient (Wildman–Crippen LogP) is 16.7. The van der Waals surface area contributed by atoms with Gasteiger partial charge in [0.15, 0.2) is 0 Å². The number of benzene rings is 10. The second kappa shape index (κ2) is 13.7. The zero-order valence-electron chi connectivity index (χ0n) is 34.1. The third-order valence-electron chi connectivity index (χ3n) is 13.0. The Morgan fingerprint density at radius 1 is 0.328 bits per heavy atom. The van der Waals surface area contributed by atoms with Gasteiger partial charge in [-0.25, -0.2) is 0 Å². The molecule has 0 spiro atoms. The van der Waals surface area contributed by atoms with Crippen LogP contribution in [-0.4, -0.2) is 0 Å². The van der Waals surface area contributed by atoms with Gasteiger partial charge >= 0.3 is 0 Å². The van der Waals surface area contributed by atoms with Gasteiger partial charge < -0.3 is 9.32 Å². The van der Waals surface area contributed by atoms with E-state index in [0.29, 0.717) is 0 Å². The quantitative estimate of drug-likeness (QED) is 0.156. The minimum Gasteiger partial charge on any atom is -0.455 e. The molecule has 12 rings (SSSR count). The van der Waals surface area contributed by atoms with Crippen LogP contribution in [0.1, 0.15) is 25.0 Å². The van der Waals surface area contributed by atoms with Crippen molar-refractivity contribution >= 4 is 60.5 Å². The third kappa shape index (κ3) is 5.56. The Morgan fingerprint density at radius 3 is 1.52 bits per heavy atom. The highest BCUT2D eigenvalue weighted by Gasteiger charge is 2.35. The minimum absolute atomic E-state index is 0.112. The number of rotatable bonds is 6. The van der Waals surface area contributed by atoms with Crippen LogP contribution in [0.5, 0.6) is 0 Å². The number of nitrogens with zero attached hydrogens (tertiary/aromatic N) is 1. The number of fused-ring (bicyclic) bond motifs is 11. The summed E-state index contributed by atoms with van der Waals surface area (Å²) < 4.78 is 7.00. The molecular formula is C59H41NO. The molecule has 1 aromatic heterocycles. The maximum Gasteiger partial charge on any atom is 0.143 e. The molecule has 0 saturated heterocycles. The van der Waals surface area contributed by atoms with Gasteiger partial charge in [0.2, 0.25) is 0 Å². The Kier molecular flexibility index (Phi) is 7.92. The second-order valence-electron chi connectivity index (χ2n) is 16.9. The maximum absolute atomic E-state index is 7.00. The summed E-state index contributed by atoms with van der Waals surface area (Å²) in [6, 6.07) is 77.2. The van der Waals surface area contributed by atoms with Crippen molar-refractivity contribution in [2.45, 2.75) is 19.3 Å². The molecule has 0 bridgehead atoms. The Balaban J connectivity index is 1.03. The van der Waals surface area contributed by atoms with E-state index in [1.807, 2.05) is 0 Å². The molecule has 1 aliphatic carbocycles. The van der Waals surface area contributed by atoms with E-state index in [1.54, 1.807) is 0 Å². The summed E-state index contributed by atoms with van der Waals surface area (Å²) in [4.78, 5) is 2.40. The highest BCUT2D eigenvalue weighted by Crippen LogP contribution is 2.51. The van der Waals surface area contributed by atoms with Crippen LogP contribution < -0.4 is 4.90 Å². The lowest BCUT2D eigenvalue weighted by atomic mass is 9.82. The van der Waals surface area contributed by atoms with Gasteiger partial charge in [-0.15, -0.1) is 0 Å². The van der Waals surface area contributed by atoms with E-state index in [4.69, 9.17) is 4.42 Å². The largest absolute Gasteiger partial charge is 0.455 e. The first kappa shape index (κ1) is 35.3. The van der Waals surface area contributed by atoms with Crippen molar-refractivity contribution in [2.24, 2.45) is 0 Å². The fourth-order valence-electron chi connectivity index (χ4n) is 10.0.